The van der Waals surface area contributed by atoms with Crippen LogP contribution in [0.2, 0.25) is 5.15 Å². The monoisotopic (exact) mass is 472 g/mol. The Balaban J connectivity index is 1.56. The van der Waals surface area contributed by atoms with E-state index in [1.807, 2.05) is 25.1 Å². The molecule has 1 atom stereocenters. The maximum Gasteiger partial charge on any atom is 0.238 e. The fourth-order valence-corrected chi connectivity index (χ4v) is 3.66. The molecule has 5 rings (SSSR count). The van der Waals surface area contributed by atoms with E-state index in [-0.39, 0.29) is 10.8 Å². The minimum atomic E-state index is -0.834. The van der Waals surface area contributed by atoms with Crippen LogP contribution < -0.4 is 4.74 Å². The van der Waals surface area contributed by atoms with Crippen LogP contribution in [0.15, 0.2) is 54.9 Å². The molecule has 1 N–H and O–H groups in total. The Hall–Kier alpha value is -4.33. The Morgan fingerprint density at radius 3 is 2.74 bits per heavy atom. The summed E-state index contributed by atoms with van der Waals surface area (Å²) in [6, 6.07) is 14.2. The highest BCUT2D eigenvalue weighted by molar-refractivity contribution is 6.29. The third kappa shape index (κ3) is 3.94. The molecule has 11 heteroatoms. The second-order valence-corrected chi connectivity index (χ2v) is 7.92. The molecule has 0 aromatic carbocycles. The molecule has 0 spiro atoms. The van der Waals surface area contributed by atoms with Gasteiger partial charge < -0.3 is 9.84 Å². The number of nitriles is 1. The molecule has 5 aromatic rings. The van der Waals surface area contributed by atoms with E-state index in [1.54, 1.807) is 48.1 Å². The third-order valence-electron chi connectivity index (χ3n) is 5.11. The molecule has 0 radical (unpaired) electrons. The summed E-state index contributed by atoms with van der Waals surface area (Å²) < 4.78 is 8.77. The topological polar surface area (TPSA) is 127 Å². The number of hydrogen-bond donors (Lipinski definition) is 1. The lowest BCUT2D eigenvalue weighted by molar-refractivity contribution is 0.198. The smallest absolute Gasteiger partial charge is 0.238 e. The molecule has 5 heterocycles. The van der Waals surface area contributed by atoms with Gasteiger partial charge in [-0.25, -0.2) is 14.2 Å². The van der Waals surface area contributed by atoms with Crippen LogP contribution in [0.1, 0.15) is 30.0 Å². The lowest BCUT2D eigenvalue weighted by atomic mass is 10.1. The number of rotatable bonds is 5. The molecule has 34 heavy (non-hydrogen) atoms. The lowest BCUT2D eigenvalue weighted by Crippen LogP contribution is -2.09. The largest absolute Gasteiger partial charge is 0.436 e. The molecule has 5 aromatic heterocycles. The van der Waals surface area contributed by atoms with Crippen LogP contribution in [0.4, 0.5) is 0 Å². The average Bonchev–Trinajstić information content (AvgIpc) is 3.43. The number of hydrogen-bond acceptors (Lipinski definition) is 8. The normalized spacial score (nSPS) is 12.0. The van der Waals surface area contributed by atoms with Crippen molar-refractivity contribution in [3.63, 3.8) is 0 Å². The van der Waals surface area contributed by atoms with E-state index in [0.29, 0.717) is 28.7 Å². The molecule has 10 nitrogen and oxygen atoms in total. The van der Waals surface area contributed by atoms with Crippen molar-refractivity contribution in [1.82, 2.24) is 34.6 Å². The van der Waals surface area contributed by atoms with E-state index in [2.05, 4.69) is 20.4 Å². The van der Waals surface area contributed by atoms with Crippen LogP contribution in [0.3, 0.4) is 0 Å². The highest BCUT2D eigenvalue weighted by Crippen LogP contribution is 2.30. The predicted octanol–water partition coefficient (Wildman–Crippen LogP) is 4.05. The average molecular weight is 473 g/mol. The van der Waals surface area contributed by atoms with Gasteiger partial charge in [0.15, 0.2) is 11.0 Å². The fraction of sp³-hybridized carbons (Fsp3) is 0.130. The van der Waals surface area contributed by atoms with E-state index < -0.39 is 6.10 Å². The molecule has 1 unspecified atom stereocenters. The predicted molar refractivity (Wildman–Crippen MR) is 123 cm³/mol. The zero-order valence-electron chi connectivity index (χ0n) is 18.1. The molecule has 0 aliphatic carbocycles. The number of aliphatic hydroxyl groups is 1. The van der Waals surface area contributed by atoms with Crippen molar-refractivity contribution in [1.29, 1.82) is 5.26 Å². The highest BCUT2D eigenvalue weighted by Gasteiger charge is 2.19. The zero-order chi connectivity index (χ0) is 23.8. The van der Waals surface area contributed by atoms with Crippen molar-refractivity contribution < 1.29 is 9.84 Å². The Morgan fingerprint density at radius 1 is 1.15 bits per heavy atom. The van der Waals surface area contributed by atoms with Crippen molar-refractivity contribution in [3.8, 4) is 34.8 Å². The maximum atomic E-state index is 10.3. The summed E-state index contributed by atoms with van der Waals surface area (Å²) in [7, 11) is 0. The van der Waals surface area contributed by atoms with Crippen LogP contribution >= 0.6 is 11.6 Å². The minimum Gasteiger partial charge on any atom is -0.436 e. The summed E-state index contributed by atoms with van der Waals surface area (Å²) in [6.07, 6.45) is 2.58. The SMILES string of the molecule is Cc1ccc(Oc2ccc3c(-c4ccc(C(C)O)c(-n5nc(Cl)cc5C#N)n4)cnn3c2)nn1. The first-order valence-corrected chi connectivity index (χ1v) is 10.6. The quantitative estimate of drug-likeness (QED) is 0.405. The van der Waals surface area contributed by atoms with Crippen LogP contribution in [0, 0.1) is 18.3 Å². The zero-order valence-corrected chi connectivity index (χ0v) is 18.8. The van der Waals surface area contributed by atoms with Crippen LogP contribution in [-0.4, -0.2) is 39.7 Å². The number of pyridine rings is 2. The van der Waals surface area contributed by atoms with E-state index in [1.165, 1.54) is 10.7 Å². The number of halogens is 1. The van der Waals surface area contributed by atoms with E-state index in [4.69, 9.17) is 21.3 Å². The molecule has 0 saturated carbocycles. The third-order valence-corrected chi connectivity index (χ3v) is 5.30. The Morgan fingerprint density at radius 2 is 2.00 bits per heavy atom. The van der Waals surface area contributed by atoms with Crippen molar-refractivity contribution in [3.05, 3.63) is 77.0 Å². The molecular weight excluding hydrogens is 456 g/mol. The minimum absolute atomic E-state index is 0.155. The summed E-state index contributed by atoms with van der Waals surface area (Å²) in [4.78, 5) is 4.71. The Kier molecular flexibility index (Phi) is 5.41. The summed E-state index contributed by atoms with van der Waals surface area (Å²) in [6.45, 7) is 3.47. The first-order valence-electron chi connectivity index (χ1n) is 10.2. The number of aromatic nitrogens is 7. The van der Waals surface area contributed by atoms with Gasteiger partial charge >= 0.3 is 0 Å². The van der Waals surface area contributed by atoms with Gasteiger partial charge in [0.05, 0.1) is 35.4 Å². The summed E-state index contributed by atoms with van der Waals surface area (Å²) >= 11 is 6.02. The van der Waals surface area contributed by atoms with Gasteiger partial charge in [-0.05, 0) is 38.1 Å². The number of ether oxygens (including phenoxy) is 1. The second kappa shape index (κ2) is 8.55. The number of fused-ring (bicyclic) bond motifs is 1. The standard InChI is InChI=1S/C23H17ClN8O2/c1-13-3-8-22(29-28-13)34-16-4-7-20-18(11-26-31(20)12-16)19-6-5-17(14(2)33)23(27-19)32-15(10-25)9-21(24)30-32/h3-9,11-12,14,33H,1-2H3. The van der Waals surface area contributed by atoms with Gasteiger partial charge in [-0.1, -0.05) is 17.7 Å². The number of aryl methyl sites for hydroxylation is 1. The van der Waals surface area contributed by atoms with Crippen molar-refractivity contribution >= 4 is 17.1 Å². The Labute approximate surface area is 198 Å². The van der Waals surface area contributed by atoms with Crippen molar-refractivity contribution in [2.24, 2.45) is 0 Å². The molecule has 0 amide bonds. The fourth-order valence-electron chi connectivity index (χ4n) is 3.48. The van der Waals surface area contributed by atoms with Crippen molar-refractivity contribution in [2.45, 2.75) is 20.0 Å². The first-order chi connectivity index (χ1) is 16.4. The molecule has 0 bridgehead atoms. The molecule has 0 fully saturated rings. The number of nitrogens with zero attached hydrogens (tertiary/aromatic N) is 8. The lowest BCUT2D eigenvalue weighted by Gasteiger charge is -2.13. The Bertz CT molecular complexity index is 1550. The van der Waals surface area contributed by atoms with E-state index in [9.17, 15) is 10.4 Å². The number of aliphatic hydroxyl groups excluding tert-OH is 1. The van der Waals surface area contributed by atoms with E-state index in [0.717, 1.165) is 16.8 Å². The summed E-state index contributed by atoms with van der Waals surface area (Å²) in [5, 5.41) is 36.5. The van der Waals surface area contributed by atoms with Gasteiger partial charge in [-0.3, -0.25) is 0 Å². The molecule has 0 aliphatic rings. The van der Waals surface area contributed by atoms with Gasteiger partial charge in [0.25, 0.3) is 0 Å². The van der Waals surface area contributed by atoms with E-state index >= 15 is 0 Å². The molecule has 168 valence electrons. The van der Waals surface area contributed by atoms with Gasteiger partial charge in [0.2, 0.25) is 5.88 Å². The molecular formula is C23H17ClN8O2. The van der Waals surface area contributed by atoms with Gasteiger partial charge in [-0.2, -0.15) is 20.6 Å². The van der Waals surface area contributed by atoms with Gasteiger partial charge in [0, 0.05) is 23.3 Å². The van der Waals surface area contributed by atoms with Crippen LogP contribution in [0.5, 0.6) is 11.6 Å². The maximum absolute atomic E-state index is 10.3. The summed E-state index contributed by atoms with van der Waals surface area (Å²) in [5.74, 6) is 1.24. The van der Waals surface area contributed by atoms with Gasteiger partial charge in [-0.15, -0.1) is 5.10 Å². The van der Waals surface area contributed by atoms with Crippen molar-refractivity contribution in [2.75, 3.05) is 0 Å². The second-order valence-electron chi connectivity index (χ2n) is 7.53. The summed E-state index contributed by atoms with van der Waals surface area (Å²) in [5.41, 5.74) is 3.63. The van der Waals surface area contributed by atoms with Gasteiger partial charge in [0.1, 0.15) is 17.5 Å². The van der Waals surface area contributed by atoms with Crippen LogP contribution in [0.25, 0.3) is 22.6 Å². The van der Waals surface area contributed by atoms with Crippen LogP contribution in [-0.2, 0) is 0 Å². The molecule has 0 saturated heterocycles. The first kappa shape index (κ1) is 21.5. The highest BCUT2D eigenvalue weighted by atomic mass is 35.5. The molecule has 0 aliphatic heterocycles.